The van der Waals surface area contributed by atoms with E-state index in [0.29, 0.717) is 12.8 Å². The van der Waals surface area contributed by atoms with Gasteiger partial charge in [0.05, 0.1) is 17.9 Å². The van der Waals surface area contributed by atoms with Gasteiger partial charge in [-0.3, -0.25) is 4.79 Å². The van der Waals surface area contributed by atoms with E-state index in [9.17, 15) is 13.2 Å². The van der Waals surface area contributed by atoms with E-state index in [2.05, 4.69) is 4.72 Å². The van der Waals surface area contributed by atoms with E-state index in [1.54, 1.807) is 24.3 Å². The number of carbonyl (C=O) groups is 1. The summed E-state index contributed by atoms with van der Waals surface area (Å²) in [7, 11) is -2.34. The van der Waals surface area contributed by atoms with E-state index in [4.69, 9.17) is 4.74 Å². The second kappa shape index (κ2) is 8.78. The second-order valence-electron chi connectivity index (χ2n) is 5.91. The lowest BCUT2D eigenvalue weighted by molar-refractivity contribution is -0.145. The third-order valence-electron chi connectivity index (χ3n) is 4.01. The molecule has 2 rings (SSSR count). The van der Waals surface area contributed by atoms with Crippen molar-refractivity contribution in [2.75, 3.05) is 13.7 Å². The number of benzene rings is 2. The molecule has 1 N–H and O–H groups in total. The molecule has 0 heterocycles. The number of sulfonamides is 1. The summed E-state index contributed by atoms with van der Waals surface area (Å²) < 4.78 is 32.1. The number of hydrogen-bond donors (Lipinski definition) is 1. The zero-order chi connectivity index (χ0) is 18.3. The molecule has 0 aliphatic rings. The van der Waals surface area contributed by atoms with Crippen LogP contribution in [0, 0.1) is 12.8 Å². The van der Waals surface area contributed by atoms with Crippen molar-refractivity contribution in [3.05, 3.63) is 65.7 Å². The molecule has 2 aromatic carbocycles. The number of rotatable bonds is 8. The fraction of sp³-hybridized carbons (Fsp3) is 0.316. The van der Waals surface area contributed by atoms with Gasteiger partial charge in [0.2, 0.25) is 10.0 Å². The maximum absolute atomic E-state index is 12.4. The fourth-order valence-electron chi connectivity index (χ4n) is 2.47. The van der Waals surface area contributed by atoms with Gasteiger partial charge in [-0.05, 0) is 37.5 Å². The molecule has 0 saturated carbocycles. The molecular weight excluding hydrogens is 338 g/mol. The summed E-state index contributed by atoms with van der Waals surface area (Å²) in [6, 6.07) is 16.3. The molecule has 5 nitrogen and oxygen atoms in total. The summed E-state index contributed by atoms with van der Waals surface area (Å²) in [6.07, 6.45) is 1.18. The van der Waals surface area contributed by atoms with Crippen molar-refractivity contribution < 1.29 is 17.9 Å². The zero-order valence-electron chi connectivity index (χ0n) is 14.4. The van der Waals surface area contributed by atoms with Crippen LogP contribution in [0.1, 0.15) is 17.5 Å². The summed E-state index contributed by atoms with van der Waals surface area (Å²) in [5, 5.41) is 0. The van der Waals surface area contributed by atoms with Crippen molar-refractivity contribution in [3.8, 4) is 0 Å². The third kappa shape index (κ3) is 5.69. The van der Waals surface area contributed by atoms with Crippen LogP contribution < -0.4 is 4.72 Å². The Labute approximate surface area is 149 Å². The standard InChI is InChI=1S/C19H23NO4S/c1-15-8-12-18(13-9-15)25(22,23)20-14-17(19(21)24-2)11-10-16-6-4-3-5-7-16/h3-9,12-13,17,20H,10-11,14H2,1-2H3. The van der Waals surface area contributed by atoms with Crippen LogP contribution in [0.3, 0.4) is 0 Å². The molecule has 0 fully saturated rings. The number of ether oxygens (including phenoxy) is 1. The Kier molecular flexibility index (Phi) is 6.73. The number of hydrogen-bond acceptors (Lipinski definition) is 4. The van der Waals surface area contributed by atoms with Gasteiger partial charge in [0, 0.05) is 6.54 Å². The lowest BCUT2D eigenvalue weighted by Crippen LogP contribution is -2.34. The lowest BCUT2D eigenvalue weighted by Gasteiger charge is -2.16. The predicted molar refractivity (Wildman–Crippen MR) is 96.6 cm³/mol. The molecule has 0 aliphatic heterocycles. The summed E-state index contributed by atoms with van der Waals surface area (Å²) in [6.45, 7) is 1.90. The highest BCUT2D eigenvalue weighted by Crippen LogP contribution is 2.14. The van der Waals surface area contributed by atoms with E-state index in [1.165, 1.54) is 7.11 Å². The highest BCUT2D eigenvalue weighted by molar-refractivity contribution is 7.89. The quantitative estimate of drug-likeness (QED) is 0.734. The van der Waals surface area contributed by atoms with Gasteiger partial charge in [-0.2, -0.15) is 0 Å². The zero-order valence-corrected chi connectivity index (χ0v) is 15.3. The van der Waals surface area contributed by atoms with Crippen LogP contribution in [0.15, 0.2) is 59.5 Å². The normalized spacial score (nSPS) is 12.6. The van der Waals surface area contributed by atoms with Crippen molar-refractivity contribution in [2.24, 2.45) is 5.92 Å². The van der Waals surface area contributed by atoms with Crippen LogP contribution in [0.25, 0.3) is 0 Å². The molecular formula is C19H23NO4S. The molecule has 1 atom stereocenters. The van der Waals surface area contributed by atoms with Crippen LogP contribution >= 0.6 is 0 Å². The van der Waals surface area contributed by atoms with Gasteiger partial charge >= 0.3 is 5.97 Å². The van der Waals surface area contributed by atoms with Crippen molar-refractivity contribution >= 4 is 16.0 Å². The number of esters is 1. The maximum atomic E-state index is 12.4. The van der Waals surface area contributed by atoms with Crippen LogP contribution in [0.2, 0.25) is 0 Å². The molecule has 2 aromatic rings. The van der Waals surface area contributed by atoms with E-state index >= 15 is 0 Å². The topological polar surface area (TPSA) is 72.5 Å². The molecule has 0 bridgehead atoms. The first kappa shape index (κ1) is 19.1. The third-order valence-corrected chi connectivity index (χ3v) is 5.45. The highest BCUT2D eigenvalue weighted by Gasteiger charge is 2.22. The summed E-state index contributed by atoms with van der Waals surface area (Å²) in [4.78, 5) is 12.2. The van der Waals surface area contributed by atoms with E-state index in [1.807, 2.05) is 37.3 Å². The SMILES string of the molecule is COC(=O)C(CCc1ccccc1)CNS(=O)(=O)c1ccc(C)cc1. The minimum absolute atomic E-state index is 0.00964. The first-order valence-corrected chi connectivity index (χ1v) is 9.59. The molecule has 0 saturated heterocycles. The highest BCUT2D eigenvalue weighted by atomic mass is 32.2. The van der Waals surface area contributed by atoms with Crippen molar-refractivity contribution in [1.29, 1.82) is 0 Å². The number of methoxy groups -OCH3 is 1. The molecule has 0 aromatic heterocycles. The first-order chi connectivity index (χ1) is 11.9. The number of carbonyl (C=O) groups excluding carboxylic acids is 1. The van der Waals surface area contributed by atoms with Gasteiger partial charge < -0.3 is 4.74 Å². The van der Waals surface area contributed by atoms with Crippen molar-refractivity contribution in [2.45, 2.75) is 24.7 Å². The van der Waals surface area contributed by atoms with Crippen LogP contribution in [0.5, 0.6) is 0 Å². The molecule has 134 valence electrons. The van der Waals surface area contributed by atoms with Gasteiger partial charge in [0.1, 0.15) is 0 Å². The molecule has 0 spiro atoms. The van der Waals surface area contributed by atoms with E-state index in [-0.39, 0.29) is 11.4 Å². The molecule has 6 heteroatoms. The van der Waals surface area contributed by atoms with Gasteiger partial charge in [-0.25, -0.2) is 13.1 Å². The Morgan fingerprint density at radius 3 is 2.32 bits per heavy atom. The number of aryl methyl sites for hydroxylation is 2. The van der Waals surface area contributed by atoms with Crippen LogP contribution in [0.4, 0.5) is 0 Å². The minimum Gasteiger partial charge on any atom is -0.469 e. The Balaban J connectivity index is 2.01. The largest absolute Gasteiger partial charge is 0.469 e. The van der Waals surface area contributed by atoms with Crippen LogP contribution in [-0.2, 0) is 26.0 Å². The van der Waals surface area contributed by atoms with Crippen molar-refractivity contribution in [1.82, 2.24) is 4.72 Å². The predicted octanol–water partition coefficient (Wildman–Crippen LogP) is 2.70. The Morgan fingerprint density at radius 2 is 1.72 bits per heavy atom. The molecule has 0 radical (unpaired) electrons. The Morgan fingerprint density at radius 1 is 1.08 bits per heavy atom. The maximum Gasteiger partial charge on any atom is 0.309 e. The second-order valence-corrected chi connectivity index (χ2v) is 7.68. The lowest BCUT2D eigenvalue weighted by atomic mass is 10.00. The fourth-order valence-corrected chi connectivity index (χ4v) is 3.55. The Hall–Kier alpha value is -2.18. The minimum atomic E-state index is -3.65. The summed E-state index contributed by atoms with van der Waals surface area (Å²) in [5.41, 5.74) is 2.08. The summed E-state index contributed by atoms with van der Waals surface area (Å²) in [5.74, 6) is -0.951. The van der Waals surface area contributed by atoms with Crippen molar-refractivity contribution in [3.63, 3.8) is 0 Å². The van der Waals surface area contributed by atoms with Gasteiger partial charge in [0.15, 0.2) is 0 Å². The molecule has 1 unspecified atom stereocenters. The monoisotopic (exact) mass is 361 g/mol. The van der Waals surface area contributed by atoms with Gasteiger partial charge in [-0.1, -0.05) is 48.0 Å². The molecule has 25 heavy (non-hydrogen) atoms. The van der Waals surface area contributed by atoms with Gasteiger partial charge in [0.25, 0.3) is 0 Å². The van der Waals surface area contributed by atoms with Crippen LogP contribution in [-0.4, -0.2) is 28.0 Å². The average Bonchev–Trinajstić information content (AvgIpc) is 2.62. The van der Waals surface area contributed by atoms with E-state index in [0.717, 1.165) is 11.1 Å². The van der Waals surface area contributed by atoms with Gasteiger partial charge in [-0.15, -0.1) is 0 Å². The Bertz CT molecular complexity index is 786. The number of nitrogens with one attached hydrogen (secondary N) is 1. The van der Waals surface area contributed by atoms with E-state index < -0.39 is 21.9 Å². The summed E-state index contributed by atoms with van der Waals surface area (Å²) >= 11 is 0. The molecule has 0 aliphatic carbocycles. The molecule has 0 amide bonds. The smallest absolute Gasteiger partial charge is 0.309 e. The first-order valence-electron chi connectivity index (χ1n) is 8.10. The average molecular weight is 361 g/mol.